The SMILES string of the molecule is Cc1cc(CNC(C)c2nn[nH]n2)ccc1F. The van der Waals surface area contributed by atoms with Gasteiger partial charge in [-0.2, -0.15) is 5.21 Å². The van der Waals surface area contributed by atoms with Crippen LogP contribution in [-0.4, -0.2) is 20.6 Å². The molecule has 0 aliphatic carbocycles. The summed E-state index contributed by atoms with van der Waals surface area (Å²) in [4.78, 5) is 0. The van der Waals surface area contributed by atoms with Crippen molar-refractivity contribution in [1.82, 2.24) is 25.9 Å². The molecular formula is C11H14FN5. The number of halogens is 1. The third-order valence-corrected chi connectivity index (χ3v) is 2.58. The first-order valence-corrected chi connectivity index (χ1v) is 5.38. The quantitative estimate of drug-likeness (QED) is 0.842. The molecule has 0 saturated carbocycles. The lowest BCUT2D eigenvalue weighted by Gasteiger charge is -2.10. The number of nitrogens with one attached hydrogen (secondary N) is 2. The molecule has 2 N–H and O–H groups in total. The van der Waals surface area contributed by atoms with Crippen molar-refractivity contribution in [2.24, 2.45) is 0 Å². The molecule has 1 aromatic heterocycles. The van der Waals surface area contributed by atoms with Gasteiger partial charge in [0.2, 0.25) is 0 Å². The average Bonchev–Trinajstić information content (AvgIpc) is 2.84. The lowest BCUT2D eigenvalue weighted by Crippen LogP contribution is -2.19. The molecule has 90 valence electrons. The lowest BCUT2D eigenvalue weighted by atomic mass is 10.1. The fraction of sp³-hybridized carbons (Fsp3) is 0.364. The average molecular weight is 235 g/mol. The van der Waals surface area contributed by atoms with Crippen molar-refractivity contribution >= 4 is 0 Å². The highest BCUT2D eigenvalue weighted by Gasteiger charge is 2.09. The van der Waals surface area contributed by atoms with E-state index in [0.29, 0.717) is 17.9 Å². The van der Waals surface area contributed by atoms with Crippen LogP contribution in [0.2, 0.25) is 0 Å². The Bertz CT molecular complexity index is 483. The number of aromatic nitrogens is 4. The minimum Gasteiger partial charge on any atom is -0.303 e. The minimum atomic E-state index is -0.181. The van der Waals surface area contributed by atoms with E-state index in [-0.39, 0.29) is 11.9 Å². The second-order valence-corrected chi connectivity index (χ2v) is 3.96. The normalized spacial score (nSPS) is 12.6. The third-order valence-electron chi connectivity index (χ3n) is 2.58. The van der Waals surface area contributed by atoms with E-state index < -0.39 is 0 Å². The summed E-state index contributed by atoms with van der Waals surface area (Å²) in [5.41, 5.74) is 1.68. The van der Waals surface area contributed by atoms with Crippen molar-refractivity contribution < 1.29 is 4.39 Å². The molecule has 0 amide bonds. The summed E-state index contributed by atoms with van der Waals surface area (Å²) in [7, 11) is 0. The number of hydrogen-bond donors (Lipinski definition) is 2. The first-order chi connectivity index (χ1) is 8.16. The number of tetrazole rings is 1. The molecule has 0 radical (unpaired) electrons. The number of rotatable bonds is 4. The van der Waals surface area contributed by atoms with E-state index in [1.54, 1.807) is 13.0 Å². The molecule has 0 fully saturated rings. The minimum absolute atomic E-state index is 0.000825. The van der Waals surface area contributed by atoms with Crippen LogP contribution in [0.3, 0.4) is 0 Å². The highest BCUT2D eigenvalue weighted by Crippen LogP contribution is 2.11. The van der Waals surface area contributed by atoms with Crippen molar-refractivity contribution in [2.75, 3.05) is 0 Å². The van der Waals surface area contributed by atoms with Crippen molar-refractivity contribution in [3.8, 4) is 0 Å². The van der Waals surface area contributed by atoms with Gasteiger partial charge in [0.25, 0.3) is 0 Å². The molecule has 6 heteroatoms. The van der Waals surface area contributed by atoms with E-state index in [1.165, 1.54) is 6.07 Å². The summed E-state index contributed by atoms with van der Waals surface area (Å²) in [6, 6.07) is 5.06. The topological polar surface area (TPSA) is 66.5 Å². The summed E-state index contributed by atoms with van der Waals surface area (Å²) in [5, 5.41) is 16.9. The van der Waals surface area contributed by atoms with Crippen LogP contribution in [-0.2, 0) is 6.54 Å². The number of hydrogen-bond acceptors (Lipinski definition) is 4. The molecular weight excluding hydrogens is 221 g/mol. The van der Waals surface area contributed by atoms with Gasteiger partial charge in [-0.3, -0.25) is 0 Å². The Hall–Kier alpha value is -1.82. The number of aromatic amines is 1. The predicted octanol–water partition coefficient (Wildman–Crippen LogP) is 1.50. The number of aryl methyl sites for hydroxylation is 1. The largest absolute Gasteiger partial charge is 0.303 e. The maximum Gasteiger partial charge on any atom is 0.191 e. The molecule has 17 heavy (non-hydrogen) atoms. The Morgan fingerprint density at radius 3 is 2.94 bits per heavy atom. The molecule has 0 spiro atoms. The standard InChI is InChI=1S/C11H14FN5/c1-7-5-9(3-4-10(7)12)6-13-8(2)11-14-16-17-15-11/h3-5,8,13H,6H2,1-2H3,(H,14,15,16,17). The number of H-pyrrole nitrogens is 1. The third kappa shape index (κ3) is 2.85. The van der Waals surface area contributed by atoms with Gasteiger partial charge in [-0.05, 0) is 31.0 Å². The van der Waals surface area contributed by atoms with Gasteiger partial charge in [0.05, 0.1) is 6.04 Å². The Labute approximate surface area is 98.4 Å². The van der Waals surface area contributed by atoms with E-state index in [4.69, 9.17) is 0 Å². The highest BCUT2D eigenvalue weighted by atomic mass is 19.1. The molecule has 0 aliphatic rings. The van der Waals surface area contributed by atoms with Crippen molar-refractivity contribution in [2.45, 2.75) is 26.4 Å². The Kier molecular flexibility index (Phi) is 3.43. The number of benzene rings is 1. The van der Waals surface area contributed by atoms with E-state index in [0.717, 1.165) is 5.56 Å². The Morgan fingerprint density at radius 1 is 1.47 bits per heavy atom. The molecule has 0 saturated heterocycles. The second-order valence-electron chi connectivity index (χ2n) is 3.96. The van der Waals surface area contributed by atoms with Gasteiger partial charge in [-0.25, -0.2) is 4.39 Å². The molecule has 1 heterocycles. The zero-order valence-electron chi connectivity index (χ0n) is 9.74. The van der Waals surface area contributed by atoms with Crippen LogP contribution in [0.5, 0.6) is 0 Å². The maximum atomic E-state index is 13.1. The van der Waals surface area contributed by atoms with Crippen LogP contribution in [0.15, 0.2) is 18.2 Å². The first kappa shape index (κ1) is 11.7. The molecule has 5 nitrogen and oxygen atoms in total. The molecule has 0 bridgehead atoms. The van der Waals surface area contributed by atoms with Gasteiger partial charge < -0.3 is 5.32 Å². The fourth-order valence-electron chi connectivity index (χ4n) is 1.53. The molecule has 2 aromatic rings. The molecule has 0 aliphatic heterocycles. The lowest BCUT2D eigenvalue weighted by molar-refractivity contribution is 0.545. The Balaban J connectivity index is 1.96. The summed E-state index contributed by atoms with van der Waals surface area (Å²) in [6.45, 7) is 4.33. The smallest absolute Gasteiger partial charge is 0.191 e. The molecule has 1 atom stereocenters. The first-order valence-electron chi connectivity index (χ1n) is 5.38. The summed E-state index contributed by atoms with van der Waals surface area (Å²) in [6.07, 6.45) is 0. The van der Waals surface area contributed by atoms with Crippen molar-refractivity contribution in [3.05, 3.63) is 41.0 Å². The maximum absolute atomic E-state index is 13.1. The molecule has 1 aromatic carbocycles. The molecule has 1 unspecified atom stereocenters. The zero-order chi connectivity index (χ0) is 12.3. The van der Waals surface area contributed by atoms with Crippen LogP contribution in [0.1, 0.15) is 29.9 Å². The Morgan fingerprint density at radius 2 is 2.29 bits per heavy atom. The van der Waals surface area contributed by atoms with Crippen LogP contribution < -0.4 is 5.32 Å². The molecule has 2 rings (SSSR count). The monoisotopic (exact) mass is 235 g/mol. The zero-order valence-corrected chi connectivity index (χ0v) is 9.74. The van der Waals surface area contributed by atoms with Gasteiger partial charge in [0, 0.05) is 6.54 Å². The fourth-order valence-corrected chi connectivity index (χ4v) is 1.53. The van der Waals surface area contributed by atoms with E-state index in [2.05, 4.69) is 25.9 Å². The van der Waals surface area contributed by atoms with Gasteiger partial charge >= 0.3 is 0 Å². The van der Waals surface area contributed by atoms with Crippen molar-refractivity contribution in [3.63, 3.8) is 0 Å². The van der Waals surface area contributed by atoms with Crippen LogP contribution in [0.4, 0.5) is 4.39 Å². The van der Waals surface area contributed by atoms with Crippen LogP contribution in [0, 0.1) is 12.7 Å². The van der Waals surface area contributed by atoms with E-state index in [9.17, 15) is 4.39 Å². The van der Waals surface area contributed by atoms with E-state index >= 15 is 0 Å². The van der Waals surface area contributed by atoms with E-state index in [1.807, 2.05) is 13.0 Å². The summed E-state index contributed by atoms with van der Waals surface area (Å²) < 4.78 is 13.1. The number of nitrogens with zero attached hydrogens (tertiary/aromatic N) is 3. The summed E-state index contributed by atoms with van der Waals surface area (Å²) in [5.74, 6) is 0.434. The second kappa shape index (κ2) is 5.01. The van der Waals surface area contributed by atoms with Gasteiger partial charge in [-0.15, -0.1) is 10.2 Å². The van der Waals surface area contributed by atoms with Gasteiger partial charge in [0.1, 0.15) is 5.82 Å². The highest BCUT2D eigenvalue weighted by molar-refractivity contribution is 5.23. The van der Waals surface area contributed by atoms with Crippen LogP contribution in [0.25, 0.3) is 0 Å². The summed E-state index contributed by atoms with van der Waals surface area (Å²) >= 11 is 0. The van der Waals surface area contributed by atoms with Gasteiger partial charge in [0.15, 0.2) is 5.82 Å². The van der Waals surface area contributed by atoms with Crippen molar-refractivity contribution in [1.29, 1.82) is 0 Å². The van der Waals surface area contributed by atoms with Crippen LogP contribution >= 0.6 is 0 Å². The van der Waals surface area contributed by atoms with Gasteiger partial charge in [-0.1, -0.05) is 17.3 Å². The predicted molar refractivity (Wildman–Crippen MR) is 60.6 cm³/mol.